The van der Waals surface area contributed by atoms with Gasteiger partial charge in [-0.1, -0.05) is 12.1 Å². The van der Waals surface area contributed by atoms with Gasteiger partial charge in [0.05, 0.1) is 10.5 Å². The normalized spacial score (nSPS) is 22.1. The molecule has 2 aromatic rings. The number of hydrogen-bond donors (Lipinski definition) is 1. The van der Waals surface area contributed by atoms with Crippen LogP contribution < -0.4 is 10.6 Å². The Morgan fingerprint density at radius 3 is 2.85 bits per heavy atom. The van der Waals surface area contributed by atoms with Crippen molar-refractivity contribution in [3.05, 3.63) is 34.1 Å². The Labute approximate surface area is 151 Å². The van der Waals surface area contributed by atoms with Crippen LogP contribution in [0.15, 0.2) is 22.7 Å². The largest absolute Gasteiger partial charge is 0.366 e. The van der Waals surface area contributed by atoms with Crippen LogP contribution in [0.4, 0.5) is 11.4 Å². The van der Waals surface area contributed by atoms with E-state index in [0.717, 1.165) is 45.2 Å². The van der Waals surface area contributed by atoms with Gasteiger partial charge in [0, 0.05) is 24.7 Å². The zero-order chi connectivity index (χ0) is 18.3. The van der Waals surface area contributed by atoms with E-state index in [1.54, 1.807) is 6.07 Å². The van der Waals surface area contributed by atoms with Crippen molar-refractivity contribution in [1.29, 1.82) is 0 Å². The molecule has 8 nitrogen and oxygen atoms in total. The van der Waals surface area contributed by atoms with Gasteiger partial charge >= 0.3 is 0 Å². The average Bonchev–Trinajstić information content (AvgIpc) is 3.09. The topological polar surface area (TPSA) is 111 Å². The SMILES string of the molecule is CC1CCCN(c2ccc(-c3nc(C4(N)CCC4)no3)cc2[N+](=O)[O-])C1. The third-order valence-corrected chi connectivity index (χ3v) is 5.53. The Morgan fingerprint density at radius 2 is 2.19 bits per heavy atom. The van der Waals surface area contributed by atoms with Gasteiger partial charge in [-0.05, 0) is 50.2 Å². The van der Waals surface area contributed by atoms with Crippen LogP contribution in [0.3, 0.4) is 0 Å². The van der Waals surface area contributed by atoms with E-state index in [1.165, 1.54) is 6.07 Å². The molecule has 0 amide bonds. The number of hydrogen-bond acceptors (Lipinski definition) is 7. The number of anilines is 1. The minimum absolute atomic E-state index is 0.0717. The molecule has 1 aliphatic carbocycles. The Kier molecular flexibility index (Phi) is 4.14. The zero-order valence-electron chi connectivity index (χ0n) is 14.9. The van der Waals surface area contributed by atoms with E-state index in [2.05, 4.69) is 22.0 Å². The standard InChI is InChI=1S/C18H23N5O3/c1-12-4-2-9-22(11-12)14-6-5-13(10-15(14)23(24)25)16-20-17(21-26-16)18(19)7-3-8-18/h5-6,10,12H,2-4,7-9,11,19H2,1H3. The highest BCUT2D eigenvalue weighted by Gasteiger charge is 2.39. The average molecular weight is 357 g/mol. The third kappa shape index (κ3) is 2.94. The van der Waals surface area contributed by atoms with Crippen LogP contribution >= 0.6 is 0 Å². The first-order valence-electron chi connectivity index (χ1n) is 9.13. The molecule has 138 valence electrons. The highest BCUT2D eigenvalue weighted by molar-refractivity contribution is 5.71. The van der Waals surface area contributed by atoms with Crippen molar-refractivity contribution in [2.75, 3.05) is 18.0 Å². The summed E-state index contributed by atoms with van der Waals surface area (Å²) in [5, 5.41) is 15.6. The van der Waals surface area contributed by atoms with Crippen LogP contribution in [0, 0.1) is 16.0 Å². The van der Waals surface area contributed by atoms with Crippen molar-refractivity contribution < 1.29 is 9.45 Å². The van der Waals surface area contributed by atoms with Crippen LogP contribution in [-0.4, -0.2) is 28.2 Å². The van der Waals surface area contributed by atoms with Crippen LogP contribution in [0.2, 0.25) is 0 Å². The van der Waals surface area contributed by atoms with E-state index >= 15 is 0 Å². The van der Waals surface area contributed by atoms with Gasteiger partial charge in [0.1, 0.15) is 5.69 Å². The fraction of sp³-hybridized carbons (Fsp3) is 0.556. The molecular formula is C18H23N5O3. The predicted octanol–water partition coefficient (Wildman–Crippen LogP) is 3.22. The summed E-state index contributed by atoms with van der Waals surface area (Å²) in [5.41, 5.74) is 6.98. The molecule has 0 spiro atoms. The van der Waals surface area contributed by atoms with Gasteiger partial charge in [0.2, 0.25) is 0 Å². The maximum Gasteiger partial charge on any atom is 0.293 e. The van der Waals surface area contributed by atoms with Crippen molar-refractivity contribution in [1.82, 2.24) is 10.1 Å². The monoisotopic (exact) mass is 357 g/mol. The molecule has 1 aromatic carbocycles. The molecule has 1 unspecified atom stereocenters. The molecule has 2 aliphatic rings. The molecule has 8 heteroatoms. The lowest BCUT2D eigenvalue weighted by Gasteiger charge is -2.34. The quantitative estimate of drug-likeness (QED) is 0.660. The Balaban J connectivity index is 1.66. The molecule has 1 saturated heterocycles. The number of aromatic nitrogens is 2. The number of piperidine rings is 1. The molecule has 2 N–H and O–H groups in total. The summed E-state index contributed by atoms with van der Waals surface area (Å²) in [6.45, 7) is 3.85. The van der Waals surface area contributed by atoms with Crippen LogP contribution in [0.5, 0.6) is 0 Å². The minimum Gasteiger partial charge on any atom is -0.366 e. The first-order chi connectivity index (χ1) is 12.5. The summed E-state index contributed by atoms with van der Waals surface area (Å²) in [6.07, 6.45) is 4.92. The van der Waals surface area contributed by atoms with E-state index < -0.39 is 5.54 Å². The van der Waals surface area contributed by atoms with Crippen LogP contribution in [0.25, 0.3) is 11.5 Å². The summed E-state index contributed by atoms with van der Waals surface area (Å²) in [5.74, 6) is 1.29. The van der Waals surface area contributed by atoms with Crippen molar-refractivity contribution in [2.24, 2.45) is 11.7 Å². The van der Waals surface area contributed by atoms with E-state index in [9.17, 15) is 10.1 Å². The first kappa shape index (κ1) is 17.0. The number of rotatable bonds is 4. The van der Waals surface area contributed by atoms with Crippen molar-refractivity contribution in [3.63, 3.8) is 0 Å². The second kappa shape index (κ2) is 6.35. The van der Waals surface area contributed by atoms with Gasteiger partial charge in [-0.2, -0.15) is 4.98 Å². The van der Waals surface area contributed by atoms with Gasteiger partial charge in [-0.3, -0.25) is 10.1 Å². The smallest absolute Gasteiger partial charge is 0.293 e. The lowest BCUT2D eigenvalue weighted by Crippen LogP contribution is -2.44. The number of nitro groups is 1. The number of nitro benzene ring substituents is 1. The van der Waals surface area contributed by atoms with Gasteiger partial charge in [-0.25, -0.2) is 0 Å². The highest BCUT2D eigenvalue weighted by atomic mass is 16.6. The number of benzene rings is 1. The van der Waals surface area contributed by atoms with E-state index in [0.29, 0.717) is 23.0 Å². The minimum atomic E-state index is -0.516. The fourth-order valence-corrected chi connectivity index (χ4v) is 3.80. The maximum atomic E-state index is 11.6. The molecule has 1 saturated carbocycles. The fourth-order valence-electron chi connectivity index (χ4n) is 3.80. The van der Waals surface area contributed by atoms with Gasteiger partial charge in [0.25, 0.3) is 11.6 Å². The molecule has 0 radical (unpaired) electrons. The molecular weight excluding hydrogens is 334 g/mol. The molecule has 2 fully saturated rings. The van der Waals surface area contributed by atoms with Crippen molar-refractivity contribution >= 4 is 11.4 Å². The lowest BCUT2D eigenvalue weighted by molar-refractivity contribution is -0.384. The van der Waals surface area contributed by atoms with E-state index in [1.807, 2.05) is 6.07 Å². The summed E-state index contributed by atoms with van der Waals surface area (Å²) in [6, 6.07) is 5.12. The van der Waals surface area contributed by atoms with Gasteiger partial charge in [-0.15, -0.1) is 0 Å². The molecule has 1 aliphatic heterocycles. The molecule has 0 bridgehead atoms. The second-order valence-electron chi connectivity index (χ2n) is 7.59. The third-order valence-electron chi connectivity index (χ3n) is 5.53. The summed E-state index contributed by atoms with van der Waals surface area (Å²) in [4.78, 5) is 17.8. The van der Waals surface area contributed by atoms with Crippen LogP contribution in [-0.2, 0) is 5.54 Å². The van der Waals surface area contributed by atoms with Gasteiger partial charge in [0.15, 0.2) is 5.82 Å². The first-order valence-corrected chi connectivity index (χ1v) is 9.13. The Morgan fingerprint density at radius 1 is 1.38 bits per heavy atom. The Hall–Kier alpha value is -2.48. The summed E-state index contributed by atoms with van der Waals surface area (Å²) in [7, 11) is 0. The van der Waals surface area contributed by atoms with E-state index in [-0.39, 0.29) is 16.5 Å². The molecule has 1 atom stereocenters. The van der Waals surface area contributed by atoms with Crippen LogP contribution in [0.1, 0.15) is 44.9 Å². The molecule has 26 heavy (non-hydrogen) atoms. The summed E-state index contributed by atoms with van der Waals surface area (Å²) < 4.78 is 5.33. The number of nitrogens with zero attached hydrogens (tertiary/aromatic N) is 4. The number of nitrogens with two attached hydrogens (primary N) is 1. The second-order valence-corrected chi connectivity index (χ2v) is 7.59. The summed E-state index contributed by atoms with van der Waals surface area (Å²) >= 11 is 0. The lowest BCUT2D eigenvalue weighted by atomic mass is 9.77. The van der Waals surface area contributed by atoms with Crippen molar-refractivity contribution in [2.45, 2.75) is 44.6 Å². The Bertz CT molecular complexity index is 830. The maximum absolute atomic E-state index is 11.6. The highest BCUT2D eigenvalue weighted by Crippen LogP contribution is 2.39. The van der Waals surface area contributed by atoms with E-state index in [4.69, 9.17) is 10.3 Å². The molecule has 2 heterocycles. The molecule has 4 rings (SSSR count). The zero-order valence-corrected chi connectivity index (χ0v) is 14.9. The van der Waals surface area contributed by atoms with Gasteiger partial charge < -0.3 is 15.2 Å². The predicted molar refractivity (Wildman–Crippen MR) is 96.7 cm³/mol. The van der Waals surface area contributed by atoms with Crippen molar-refractivity contribution in [3.8, 4) is 11.5 Å². The molecule has 1 aromatic heterocycles.